The van der Waals surface area contributed by atoms with Gasteiger partial charge in [0, 0.05) is 25.7 Å². The van der Waals surface area contributed by atoms with Crippen LogP contribution in [0.4, 0.5) is 11.4 Å². The number of ether oxygens (including phenoxy) is 1. The molecule has 1 N–H and O–H groups in total. The van der Waals surface area contributed by atoms with Crippen LogP contribution >= 0.6 is 0 Å². The molecule has 5 heteroatoms. The molecule has 0 spiro atoms. The van der Waals surface area contributed by atoms with E-state index in [-0.39, 0.29) is 5.91 Å². The SMILES string of the molecule is COc1cc(NC(=O)c2ccccc2C)c(N(C)C)cc1C=O. The number of aldehydes is 1. The Morgan fingerprint density at radius 3 is 2.48 bits per heavy atom. The minimum absolute atomic E-state index is 0.202. The summed E-state index contributed by atoms with van der Waals surface area (Å²) >= 11 is 0. The first-order chi connectivity index (χ1) is 11.0. The number of anilines is 2. The molecule has 5 nitrogen and oxygen atoms in total. The molecule has 23 heavy (non-hydrogen) atoms. The Kier molecular flexibility index (Phi) is 5.01. The van der Waals surface area contributed by atoms with E-state index in [1.165, 1.54) is 7.11 Å². The van der Waals surface area contributed by atoms with Crippen LogP contribution in [-0.4, -0.2) is 33.4 Å². The molecule has 2 aromatic rings. The van der Waals surface area contributed by atoms with Gasteiger partial charge in [-0.1, -0.05) is 18.2 Å². The van der Waals surface area contributed by atoms with Crippen molar-refractivity contribution in [3.05, 3.63) is 53.1 Å². The molecule has 0 saturated carbocycles. The van der Waals surface area contributed by atoms with Crippen molar-refractivity contribution in [3.63, 3.8) is 0 Å². The van der Waals surface area contributed by atoms with Gasteiger partial charge in [-0.15, -0.1) is 0 Å². The van der Waals surface area contributed by atoms with Gasteiger partial charge in [-0.2, -0.15) is 0 Å². The molecule has 0 unspecified atom stereocenters. The quantitative estimate of drug-likeness (QED) is 0.862. The van der Waals surface area contributed by atoms with Gasteiger partial charge in [0.05, 0.1) is 24.0 Å². The summed E-state index contributed by atoms with van der Waals surface area (Å²) in [6.07, 6.45) is 0.735. The van der Waals surface area contributed by atoms with E-state index in [1.807, 2.05) is 44.1 Å². The second kappa shape index (κ2) is 6.96. The molecule has 0 aliphatic heterocycles. The lowest BCUT2D eigenvalue weighted by molar-refractivity contribution is 0.102. The highest BCUT2D eigenvalue weighted by molar-refractivity contribution is 6.07. The maximum Gasteiger partial charge on any atom is 0.255 e. The van der Waals surface area contributed by atoms with E-state index < -0.39 is 0 Å². The highest BCUT2D eigenvalue weighted by atomic mass is 16.5. The highest BCUT2D eigenvalue weighted by Crippen LogP contribution is 2.32. The zero-order valence-corrected chi connectivity index (χ0v) is 13.7. The number of carbonyl (C=O) groups is 2. The summed E-state index contributed by atoms with van der Waals surface area (Å²) in [4.78, 5) is 25.5. The molecule has 0 radical (unpaired) electrons. The van der Waals surface area contributed by atoms with Crippen molar-refractivity contribution in [2.75, 3.05) is 31.4 Å². The van der Waals surface area contributed by atoms with Crippen molar-refractivity contribution in [2.24, 2.45) is 0 Å². The summed E-state index contributed by atoms with van der Waals surface area (Å²) in [7, 11) is 5.18. The van der Waals surface area contributed by atoms with Gasteiger partial charge < -0.3 is 15.0 Å². The second-order valence-electron chi connectivity index (χ2n) is 5.39. The van der Waals surface area contributed by atoms with Crippen molar-refractivity contribution in [3.8, 4) is 5.75 Å². The van der Waals surface area contributed by atoms with Gasteiger partial charge in [0.15, 0.2) is 6.29 Å². The lowest BCUT2D eigenvalue weighted by Gasteiger charge is -2.20. The molecular formula is C18H20N2O3. The number of methoxy groups -OCH3 is 1. The summed E-state index contributed by atoms with van der Waals surface area (Å²) < 4.78 is 5.22. The van der Waals surface area contributed by atoms with Crippen molar-refractivity contribution >= 4 is 23.6 Å². The maximum absolute atomic E-state index is 12.5. The van der Waals surface area contributed by atoms with E-state index in [9.17, 15) is 9.59 Å². The van der Waals surface area contributed by atoms with Crippen molar-refractivity contribution in [1.29, 1.82) is 0 Å². The number of benzene rings is 2. The largest absolute Gasteiger partial charge is 0.496 e. The molecular weight excluding hydrogens is 292 g/mol. The fourth-order valence-corrected chi connectivity index (χ4v) is 2.34. The van der Waals surface area contributed by atoms with E-state index in [4.69, 9.17) is 4.74 Å². The molecule has 2 rings (SSSR count). The zero-order chi connectivity index (χ0) is 17.0. The van der Waals surface area contributed by atoms with Crippen LogP contribution in [0.1, 0.15) is 26.3 Å². The number of hydrogen-bond acceptors (Lipinski definition) is 4. The van der Waals surface area contributed by atoms with Crippen molar-refractivity contribution < 1.29 is 14.3 Å². The lowest BCUT2D eigenvalue weighted by Crippen LogP contribution is -2.18. The number of rotatable bonds is 5. The molecule has 0 aliphatic rings. The fraction of sp³-hybridized carbons (Fsp3) is 0.222. The number of aryl methyl sites for hydroxylation is 1. The minimum atomic E-state index is -0.202. The van der Waals surface area contributed by atoms with E-state index in [0.717, 1.165) is 17.5 Å². The molecule has 120 valence electrons. The standard InChI is InChI=1S/C18H20N2O3/c1-12-7-5-6-8-14(12)18(22)19-15-10-17(23-4)13(11-21)9-16(15)20(2)3/h5-11H,1-4H3,(H,19,22). The Hall–Kier alpha value is -2.82. The minimum Gasteiger partial charge on any atom is -0.496 e. The molecule has 1 amide bonds. The molecule has 0 atom stereocenters. The van der Waals surface area contributed by atoms with Gasteiger partial charge in [0.2, 0.25) is 0 Å². The smallest absolute Gasteiger partial charge is 0.255 e. The third kappa shape index (κ3) is 3.51. The molecule has 0 bridgehead atoms. The van der Waals surface area contributed by atoms with E-state index in [1.54, 1.807) is 18.2 Å². The fourth-order valence-electron chi connectivity index (χ4n) is 2.34. The van der Waals surface area contributed by atoms with Crippen LogP contribution in [0.25, 0.3) is 0 Å². The average Bonchev–Trinajstić information content (AvgIpc) is 2.54. The number of amides is 1. The lowest BCUT2D eigenvalue weighted by atomic mass is 10.1. The summed E-state index contributed by atoms with van der Waals surface area (Å²) in [5.41, 5.74) is 3.26. The van der Waals surface area contributed by atoms with Crippen LogP contribution in [0.2, 0.25) is 0 Å². The molecule has 0 heterocycles. The number of nitrogens with zero attached hydrogens (tertiary/aromatic N) is 1. The van der Waals surface area contributed by atoms with Crippen LogP contribution in [0, 0.1) is 6.92 Å². The maximum atomic E-state index is 12.5. The van der Waals surface area contributed by atoms with Crippen LogP contribution in [0.5, 0.6) is 5.75 Å². The van der Waals surface area contributed by atoms with Crippen LogP contribution in [0.3, 0.4) is 0 Å². The predicted octanol–water partition coefficient (Wildman–Crippen LogP) is 3.13. The third-order valence-electron chi connectivity index (χ3n) is 3.59. The Bertz CT molecular complexity index is 739. The summed E-state index contributed by atoms with van der Waals surface area (Å²) in [5.74, 6) is 0.220. The molecule has 0 aromatic heterocycles. The van der Waals surface area contributed by atoms with Crippen LogP contribution < -0.4 is 15.0 Å². The van der Waals surface area contributed by atoms with Gasteiger partial charge in [0.1, 0.15) is 5.75 Å². The Morgan fingerprint density at radius 2 is 1.91 bits per heavy atom. The normalized spacial score (nSPS) is 10.1. The Labute approximate surface area is 135 Å². The van der Waals surface area contributed by atoms with Crippen LogP contribution in [-0.2, 0) is 0 Å². The first-order valence-corrected chi connectivity index (χ1v) is 7.19. The van der Waals surface area contributed by atoms with E-state index in [0.29, 0.717) is 22.6 Å². The second-order valence-corrected chi connectivity index (χ2v) is 5.39. The van der Waals surface area contributed by atoms with E-state index in [2.05, 4.69) is 5.32 Å². The van der Waals surface area contributed by atoms with Gasteiger partial charge in [-0.05, 0) is 24.6 Å². The predicted molar refractivity (Wildman–Crippen MR) is 91.8 cm³/mol. The Balaban J connectivity index is 2.44. The number of nitrogens with one attached hydrogen (secondary N) is 1. The Morgan fingerprint density at radius 1 is 1.22 bits per heavy atom. The number of hydrogen-bond donors (Lipinski definition) is 1. The number of carbonyl (C=O) groups excluding carboxylic acids is 2. The summed E-state index contributed by atoms with van der Waals surface area (Å²) in [5, 5.41) is 2.90. The molecule has 0 saturated heterocycles. The monoisotopic (exact) mass is 312 g/mol. The van der Waals surface area contributed by atoms with Crippen LogP contribution in [0.15, 0.2) is 36.4 Å². The first-order valence-electron chi connectivity index (χ1n) is 7.19. The zero-order valence-electron chi connectivity index (χ0n) is 13.7. The molecule has 0 fully saturated rings. The molecule has 2 aromatic carbocycles. The summed E-state index contributed by atoms with van der Waals surface area (Å²) in [6, 6.07) is 10.7. The third-order valence-corrected chi connectivity index (χ3v) is 3.59. The van der Waals surface area contributed by atoms with Gasteiger partial charge in [-0.3, -0.25) is 9.59 Å². The van der Waals surface area contributed by atoms with Gasteiger partial charge in [0.25, 0.3) is 5.91 Å². The van der Waals surface area contributed by atoms with Gasteiger partial charge >= 0.3 is 0 Å². The summed E-state index contributed by atoms with van der Waals surface area (Å²) in [6.45, 7) is 1.89. The topological polar surface area (TPSA) is 58.6 Å². The van der Waals surface area contributed by atoms with Gasteiger partial charge in [-0.25, -0.2) is 0 Å². The van der Waals surface area contributed by atoms with E-state index >= 15 is 0 Å². The average molecular weight is 312 g/mol. The van der Waals surface area contributed by atoms with Crippen molar-refractivity contribution in [1.82, 2.24) is 0 Å². The molecule has 0 aliphatic carbocycles. The first kappa shape index (κ1) is 16.5. The highest BCUT2D eigenvalue weighted by Gasteiger charge is 2.15. The van der Waals surface area contributed by atoms with Crippen molar-refractivity contribution in [2.45, 2.75) is 6.92 Å².